The summed E-state index contributed by atoms with van der Waals surface area (Å²) in [6, 6.07) is -1.40. The second kappa shape index (κ2) is 19.6. The molecule has 0 saturated heterocycles. The molecule has 0 aromatic rings. The number of rotatable bonds is 16. The van der Waals surface area contributed by atoms with Gasteiger partial charge in [-0.3, -0.25) is 30.5 Å². The van der Waals surface area contributed by atoms with E-state index in [1.54, 1.807) is 0 Å². The van der Waals surface area contributed by atoms with Crippen LogP contribution in [0.1, 0.15) is 65.2 Å². The molecule has 2 amide bonds. The Bertz CT molecular complexity index is 1040. The number of amides is 2. The van der Waals surface area contributed by atoms with Crippen LogP contribution < -0.4 is 16.0 Å². The molecule has 0 fully saturated rings. The molecule has 0 bridgehead atoms. The maximum absolute atomic E-state index is 12.4. The van der Waals surface area contributed by atoms with Crippen LogP contribution in [0, 0.1) is 0 Å². The van der Waals surface area contributed by atoms with Gasteiger partial charge in [-0.05, 0) is 51.9 Å². The van der Waals surface area contributed by atoms with E-state index in [4.69, 9.17) is 0 Å². The first-order chi connectivity index (χ1) is 19.4. The van der Waals surface area contributed by atoms with Gasteiger partial charge in [0.25, 0.3) is 5.91 Å². The van der Waals surface area contributed by atoms with E-state index < -0.39 is 30.2 Å². The Hall–Kier alpha value is -3.40. The van der Waals surface area contributed by atoms with Crippen LogP contribution in [0.25, 0.3) is 0 Å². The molecule has 2 rings (SSSR count). The minimum absolute atomic E-state index is 0.0454. The summed E-state index contributed by atoms with van der Waals surface area (Å²) in [6.07, 6.45) is 30.2. The molecule has 2 aliphatic rings. The number of carbonyl (C=O) groups excluding carboxylic acids is 2. The number of hydrogen-bond acceptors (Lipinski definition) is 7. The number of carbonyl (C=O) groups is 2. The average Bonchev–Trinajstić information content (AvgIpc) is 2.93. The van der Waals surface area contributed by atoms with E-state index >= 15 is 0 Å². The summed E-state index contributed by atoms with van der Waals surface area (Å²) in [5.74, 6) is -0.401. The lowest BCUT2D eigenvalue weighted by Crippen LogP contribution is -2.64. The number of aliphatic imine (C=N–C) groups is 2. The van der Waals surface area contributed by atoms with Gasteiger partial charge < -0.3 is 10.2 Å². The quantitative estimate of drug-likeness (QED) is 0.187. The number of hydrogen-bond donors (Lipinski definition) is 5. The van der Waals surface area contributed by atoms with E-state index in [1.165, 1.54) is 6.92 Å². The SMILES string of the molecule is CC/C=C\C/C=C\C/C=C\C/C=C\C/C=C\C/C=C\CCC(=O)NC1=NC2=NC[C@H]([C@@H](O)[C@H](C)O)NC2C(=O)N1. The van der Waals surface area contributed by atoms with Crippen LogP contribution in [-0.2, 0) is 9.59 Å². The average molecular weight is 552 g/mol. The summed E-state index contributed by atoms with van der Waals surface area (Å²) in [4.78, 5) is 33.2. The maximum atomic E-state index is 12.4. The first-order valence-electron chi connectivity index (χ1n) is 14.2. The van der Waals surface area contributed by atoms with Gasteiger partial charge in [-0.25, -0.2) is 0 Å². The Morgan fingerprint density at radius 2 is 1.45 bits per heavy atom. The minimum Gasteiger partial charge on any atom is -0.391 e. The van der Waals surface area contributed by atoms with E-state index in [9.17, 15) is 19.8 Å². The first-order valence-corrected chi connectivity index (χ1v) is 14.2. The molecule has 218 valence electrons. The van der Waals surface area contributed by atoms with Gasteiger partial charge in [0.15, 0.2) is 5.84 Å². The second-order valence-electron chi connectivity index (χ2n) is 9.59. The van der Waals surface area contributed by atoms with Crippen LogP contribution in [0.4, 0.5) is 0 Å². The second-order valence-corrected chi connectivity index (χ2v) is 9.59. The fourth-order valence-corrected chi connectivity index (χ4v) is 3.90. The van der Waals surface area contributed by atoms with Crippen LogP contribution >= 0.6 is 0 Å². The molecule has 9 nitrogen and oxygen atoms in total. The van der Waals surface area contributed by atoms with Crippen molar-refractivity contribution < 1.29 is 19.8 Å². The number of amidine groups is 1. The van der Waals surface area contributed by atoms with Gasteiger partial charge in [0.05, 0.1) is 24.8 Å². The molecule has 0 aromatic carbocycles. The Labute approximate surface area is 238 Å². The van der Waals surface area contributed by atoms with Crippen molar-refractivity contribution in [1.82, 2.24) is 16.0 Å². The predicted molar refractivity (Wildman–Crippen MR) is 162 cm³/mol. The van der Waals surface area contributed by atoms with Gasteiger partial charge in [-0.2, -0.15) is 4.99 Å². The normalized spacial score (nSPS) is 21.4. The number of fused-ring (bicyclic) bond motifs is 1. The molecule has 0 radical (unpaired) electrons. The van der Waals surface area contributed by atoms with Crippen molar-refractivity contribution in [2.75, 3.05) is 6.54 Å². The third-order valence-corrected chi connectivity index (χ3v) is 6.12. The monoisotopic (exact) mass is 551 g/mol. The largest absolute Gasteiger partial charge is 0.391 e. The third kappa shape index (κ3) is 13.1. The molecule has 0 saturated carbocycles. The van der Waals surface area contributed by atoms with Gasteiger partial charge in [-0.1, -0.05) is 79.8 Å². The van der Waals surface area contributed by atoms with Crippen molar-refractivity contribution in [3.8, 4) is 0 Å². The van der Waals surface area contributed by atoms with Crippen LogP contribution in [0.15, 0.2) is 82.9 Å². The lowest BCUT2D eigenvalue weighted by molar-refractivity contribution is -0.121. The topological polar surface area (TPSA) is 135 Å². The zero-order valence-corrected chi connectivity index (χ0v) is 23.7. The van der Waals surface area contributed by atoms with Crippen molar-refractivity contribution in [3.05, 3.63) is 72.9 Å². The van der Waals surface area contributed by atoms with Crippen molar-refractivity contribution >= 4 is 23.6 Å². The van der Waals surface area contributed by atoms with E-state index in [-0.39, 0.29) is 30.7 Å². The number of aliphatic hydroxyl groups is 2. The molecule has 40 heavy (non-hydrogen) atoms. The van der Waals surface area contributed by atoms with Crippen LogP contribution in [0.5, 0.6) is 0 Å². The molecular formula is C31H45N5O4. The molecular weight excluding hydrogens is 506 g/mol. The van der Waals surface area contributed by atoms with Gasteiger partial charge >= 0.3 is 0 Å². The number of nitrogens with zero attached hydrogens (tertiary/aromatic N) is 2. The molecule has 4 atom stereocenters. The molecule has 0 spiro atoms. The molecule has 1 unspecified atom stereocenters. The lowest BCUT2D eigenvalue weighted by Gasteiger charge is -2.34. The van der Waals surface area contributed by atoms with Crippen molar-refractivity contribution in [2.45, 2.75) is 89.5 Å². The Kier molecular flexibility index (Phi) is 16.1. The molecule has 5 N–H and O–H groups in total. The fraction of sp³-hybridized carbons (Fsp3) is 0.484. The van der Waals surface area contributed by atoms with Crippen molar-refractivity contribution in [1.29, 1.82) is 0 Å². The van der Waals surface area contributed by atoms with Crippen LogP contribution in [0.3, 0.4) is 0 Å². The van der Waals surface area contributed by atoms with Gasteiger partial charge in [0, 0.05) is 6.42 Å². The van der Waals surface area contributed by atoms with Crippen LogP contribution in [0.2, 0.25) is 0 Å². The summed E-state index contributed by atoms with van der Waals surface area (Å²) in [5.41, 5.74) is 0. The van der Waals surface area contributed by atoms with Gasteiger partial charge in [0.2, 0.25) is 11.9 Å². The summed E-state index contributed by atoms with van der Waals surface area (Å²) in [6.45, 7) is 3.78. The number of aliphatic hydroxyl groups excluding tert-OH is 2. The highest BCUT2D eigenvalue weighted by Crippen LogP contribution is 2.11. The number of nitrogens with one attached hydrogen (secondary N) is 3. The third-order valence-electron chi connectivity index (χ3n) is 6.12. The lowest BCUT2D eigenvalue weighted by atomic mass is 10.0. The highest BCUT2D eigenvalue weighted by Gasteiger charge is 2.38. The minimum atomic E-state index is -1.06. The Morgan fingerprint density at radius 1 is 0.925 bits per heavy atom. The maximum Gasteiger partial charge on any atom is 0.251 e. The first kappa shape index (κ1) is 32.8. The van der Waals surface area contributed by atoms with E-state index in [0.29, 0.717) is 6.42 Å². The Morgan fingerprint density at radius 3 is 1.98 bits per heavy atom. The van der Waals surface area contributed by atoms with Crippen molar-refractivity contribution in [3.63, 3.8) is 0 Å². The highest BCUT2D eigenvalue weighted by molar-refractivity contribution is 6.21. The smallest absolute Gasteiger partial charge is 0.251 e. The summed E-state index contributed by atoms with van der Waals surface area (Å²) in [5, 5.41) is 27.7. The zero-order valence-electron chi connectivity index (χ0n) is 23.7. The summed E-state index contributed by atoms with van der Waals surface area (Å²) in [7, 11) is 0. The molecule has 0 aliphatic carbocycles. The highest BCUT2D eigenvalue weighted by atomic mass is 16.3. The number of allylic oxidation sites excluding steroid dienone is 12. The molecule has 2 aliphatic heterocycles. The van der Waals surface area contributed by atoms with E-state index in [2.05, 4.69) is 93.6 Å². The van der Waals surface area contributed by atoms with Gasteiger partial charge in [0.1, 0.15) is 6.04 Å². The predicted octanol–water partition coefficient (Wildman–Crippen LogP) is 3.55. The van der Waals surface area contributed by atoms with Gasteiger partial charge in [-0.15, -0.1) is 0 Å². The van der Waals surface area contributed by atoms with Crippen LogP contribution in [-0.4, -0.2) is 64.7 Å². The summed E-state index contributed by atoms with van der Waals surface area (Å²) >= 11 is 0. The molecule has 0 aromatic heterocycles. The standard InChI is InChI=1S/C31H45N5O4/c1-3-4-5-6-7-8-9-10-11-12-13-14-15-16-17-18-19-20-21-22-26(38)34-31-35-29-27(30(40)36-31)33-25(23-32-29)28(39)24(2)37/h4-5,7-8,10-11,13-14,16-17,19-20,24-25,27-28,33,37,39H,3,6,9,12,15,18,21-23H2,1-2H3,(H2,32,34,35,36,38,40)/b5-4-,8-7-,11-10-,14-13-,17-16-,20-19-/t24-,25+,27?,28-/m0/s1. The zero-order chi connectivity index (χ0) is 29.0. The summed E-state index contributed by atoms with van der Waals surface area (Å²) < 4.78 is 0. The van der Waals surface area contributed by atoms with E-state index in [0.717, 1.165) is 38.5 Å². The fourth-order valence-electron chi connectivity index (χ4n) is 3.90. The molecule has 9 heteroatoms. The number of guanidine groups is 1. The molecule has 2 heterocycles. The Balaban J connectivity index is 1.58. The van der Waals surface area contributed by atoms with Crippen molar-refractivity contribution in [2.24, 2.45) is 9.98 Å². The van der Waals surface area contributed by atoms with E-state index in [1.807, 2.05) is 12.2 Å².